The van der Waals surface area contributed by atoms with Crippen LogP contribution in [0.25, 0.3) is 0 Å². The third kappa shape index (κ3) is 4.66. The molecule has 1 heterocycles. The maximum atomic E-state index is 12.6. The summed E-state index contributed by atoms with van der Waals surface area (Å²) in [6.45, 7) is 9.06. The molecular formula is C18H29N4O4S+. The quantitative estimate of drug-likeness (QED) is 0.658. The minimum atomic E-state index is -3.48. The summed E-state index contributed by atoms with van der Waals surface area (Å²) < 4.78 is 26.5. The van der Waals surface area contributed by atoms with Crippen LogP contribution in [0.5, 0.6) is 0 Å². The number of benzene rings is 1. The number of urea groups is 1. The molecule has 27 heavy (non-hydrogen) atoms. The first-order chi connectivity index (χ1) is 12.7. The largest absolute Gasteiger partial charge is 0.336 e. The van der Waals surface area contributed by atoms with Gasteiger partial charge in [-0.3, -0.25) is 9.69 Å². The van der Waals surface area contributed by atoms with Gasteiger partial charge in [0.15, 0.2) is 6.04 Å². The number of carbonyl (C=O) groups excluding carboxylic acids is 2. The van der Waals surface area contributed by atoms with E-state index in [2.05, 4.69) is 5.32 Å². The molecule has 150 valence electrons. The summed E-state index contributed by atoms with van der Waals surface area (Å²) in [4.78, 5) is 25.5. The number of hydrogen-bond donors (Lipinski definition) is 2. The molecule has 0 unspecified atom stereocenters. The fourth-order valence-electron chi connectivity index (χ4n) is 3.21. The van der Waals surface area contributed by atoms with Crippen molar-refractivity contribution in [2.75, 3.05) is 26.2 Å². The average Bonchev–Trinajstić information content (AvgIpc) is 3.07. The van der Waals surface area contributed by atoms with Gasteiger partial charge in [-0.2, -0.15) is 4.31 Å². The Morgan fingerprint density at radius 3 is 2.30 bits per heavy atom. The van der Waals surface area contributed by atoms with Crippen LogP contribution in [0, 0.1) is 0 Å². The number of sulfonamides is 1. The SMILES string of the molecule is CCN(CC)S(=O)(=O)c1ccc([C@@H](C)[NH2+][C@@H](C)C(=O)N2CCNC2=O)cc1. The molecule has 1 aromatic carbocycles. The number of nitrogens with zero attached hydrogens (tertiary/aromatic N) is 2. The fraction of sp³-hybridized carbons (Fsp3) is 0.556. The Bertz CT molecular complexity index is 775. The van der Waals surface area contributed by atoms with Crippen molar-refractivity contribution in [2.24, 2.45) is 0 Å². The molecule has 0 aromatic heterocycles. The van der Waals surface area contributed by atoms with E-state index in [0.717, 1.165) is 5.56 Å². The molecule has 1 aliphatic heterocycles. The van der Waals surface area contributed by atoms with Crippen molar-refractivity contribution >= 4 is 22.0 Å². The molecule has 2 rings (SSSR count). The predicted molar refractivity (Wildman–Crippen MR) is 101 cm³/mol. The minimum absolute atomic E-state index is 0.0557. The zero-order valence-corrected chi connectivity index (χ0v) is 17.1. The Morgan fingerprint density at radius 1 is 1.22 bits per heavy atom. The van der Waals surface area contributed by atoms with Crippen LogP contribution in [-0.4, -0.2) is 61.8 Å². The van der Waals surface area contributed by atoms with Crippen LogP contribution < -0.4 is 10.6 Å². The van der Waals surface area contributed by atoms with Crippen LogP contribution in [-0.2, 0) is 14.8 Å². The molecular weight excluding hydrogens is 368 g/mol. The molecule has 1 saturated heterocycles. The van der Waals surface area contributed by atoms with Crippen molar-refractivity contribution < 1.29 is 23.3 Å². The number of nitrogens with two attached hydrogens (primary N) is 1. The number of imide groups is 1. The van der Waals surface area contributed by atoms with E-state index >= 15 is 0 Å². The van der Waals surface area contributed by atoms with Gasteiger partial charge in [0.1, 0.15) is 6.04 Å². The van der Waals surface area contributed by atoms with E-state index in [4.69, 9.17) is 0 Å². The normalized spacial score (nSPS) is 17.1. The lowest BCUT2D eigenvalue weighted by atomic mass is 10.1. The molecule has 0 spiro atoms. The van der Waals surface area contributed by atoms with Gasteiger partial charge in [-0.25, -0.2) is 13.2 Å². The topological polar surface area (TPSA) is 103 Å². The molecule has 0 aliphatic carbocycles. The maximum Gasteiger partial charge on any atom is 0.324 e. The summed E-state index contributed by atoms with van der Waals surface area (Å²) in [5.41, 5.74) is 0.916. The molecule has 3 amide bonds. The zero-order valence-electron chi connectivity index (χ0n) is 16.3. The number of rotatable bonds is 8. The summed E-state index contributed by atoms with van der Waals surface area (Å²) in [7, 11) is -3.48. The summed E-state index contributed by atoms with van der Waals surface area (Å²) in [6.07, 6.45) is 0. The van der Waals surface area contributed by atoms with E-state index in [1.54, 1.807) is 31.2 Å². The highest BCUT2D eigenvalue weighted by Gasteiger charge is 2.32. The van der Waals surface area contributed by atoms with E-state index in [0.29, 0.717) is 26.2 Å². The lowest BCUT2D eigenvalue weighted by molar-refractivity contribution is -0.710. The Balaban J connectivity index is 2.06. The molecule has 1 aliphatic rings. The summed E-state index contributed by atoms with van der Waals surface area (Å²) in [5.74, 6) is -0.224. The van der Waals surface area contributed by atoms with Crippen molar-refractivity contribution in [3.63, 3.8) is 0 Å². The molecule has 2 atom stereocenters. The molecule has 9 heteroatoms. The van der Waals surface area contributed by atoms with Gasteiger partial charge >= 0.3 is 6.03 Å². The van der Waals surface area contributed by atoms with Gasteiger partial charge in [-0.05, 0) is 26.0 Å². The first-order valence-corrected chi connectivity index (χ1v) is 10.7. The summed E-state index contributed by atoms with van der Waals surface area (Å²) in [5, 5.41) is 4.50. The van der Waals surface area contributed by atoms with Gasteiger partial charge in [0.25, 0.3) is 5.91 Å². The lowest BCUT2D eigenvalue weighted by Crippen LogP contribution is -2.92. The third-order valence-electron chi connectivity index (χ3n) is 4.84. The number of quaternary nitrogens is 1. The van der Waals surface area contributed by atoms with Crippen LogP contribution >= 0.6 is 0 Å². The van der Waals surface area contributed by atoms with Crippen molar-refractivity contribution in [1.29, 1.82) is 0 Å². The highest BCUT2D eigenvalue weighted by molar-refractivity contribution is 7.89. The molecule has 8 nitrogen and oxygen atoms in total. The molecule has 0 saturated carbocycles. The highest BCUT2D eigenvalue weighted by Crippen LogP contribution is 2.18. The number of carbonyl (C=O) groups is 2. The lowest BCUT2D eigenvalue weighted by Gasteiger charge is -2.21. The second-order valence-electron chi connectivity index (χ2n) is 6.65. The van der Waals surface area contributed by atoms with E-state index < -0.39 is 16.1 Å². The number of nitrogens with one attached hydrogen (secondary N) is 1. The Hall–Kier alpha value is -1.97. The van der Waals surface area contributed by atoms with Gasteiger partial charge in [0.2, 0.25) is 10.0 Å². The van der Waals surface area contributed by atoms with Gasteiger partial charge in [-0.1, -0.05) is 26.0 Å². The van der Waals surface area contributed by atoms with Crippen molar-refractivity contribution in [1.82, 2.24) is 14.5 Å². The average molecular weight is 398 g/mol. The third-order valence-corrected chi connectivity index (χ3v) is 6.90. The predicted octanol–water partition coefficient (Wildman–Crippen LogP) is 0.282. The second-order valence-corrected chi connectivity index (χ2v) is 8.59. The molecule has 1 fully saturated rings. The van der Waals surface area contributed by atoms with Gasteiger partial charge < -0.3 is 10.6 Å². The second kappa shape index (κ2) is 8.81. The van der Waals surface area contributed by atoms with Crippen molar-refractivity contribution in [2.45, 2.75) is 44.7 Å². The van der Waals surface area contributed by atoms with Crippen molar-refractivity contribution in [3.05, 3.63) is 29.8 Å². The summed E-state index contributed by atoms with van der Waals surface area (Å²) >= 11 is 0. The first kappa shape index (κ1) is 21.3. The van der Waals surface area contributed by atoms with Gasteiger partial charge in [0.05, 0.1) is 4.90 Å². The fourth-order valence-corrected chi connectivity index (χ4v) is 4.67. The molecule has 1 aromatic rings. The smallest absolute Gasteiger partial charge is 0.324 e. The Morgan fingerprint density at radius 2 is 1.81 bits per heavy atom. The molecule has 3 N–H and O–H groups in total. The number of amides is 3. The molecule has 0 bridgehead atoms. The van der Waals surface area contributed by atoms with Crippen molar-refractivity contribution in [3.8, 4) is 0 Å². The van der Waals surface area contributed by atoms with Crippen LogP contribution in [0.4, 0.5) is 4.79 Å². The van der Waals surface area contributed by atoms with E-state index in [1.807, 2.05) is 26.1 Å². The monoisotopic (exact) mass is 397 g/mol. The summed E-state index contributed by atoms with van der Waals surface area (Å²) in [6, 6.07) is 5.94. The number of hydrogen-bond acceptors (Lipinski definition) is 4. The van der Waals surface area contributed by atoms with Crippen LogP contribution in [0.3, 0.4) is 0 Å². The van der Waals surface area contributed by atoms with Crippen LogP contribution in [0.2, 0.25) is 0 Å². The minimum Gasteiger partial charge on any atom is -0.336 e. The van der Waals surface area contributed by atoms with E-state index in [9.17, 15) is 18.0 Å². The first-order valence-electron chi connectivity index (χ1n) is 9.26. The standard InChI is InChI=1S/C18H28N4O4S/c1-5-21(6-2)27(25,26)16-9-7-15(8-10-16)13(3)20-14(4)17(23)22-12-11-19-18(22)24/h7-10,13-14,20H,5-6,11-12H2,1-4H3,(H,19,24)/p+1/t13-,14+/m1/s1. The Labute approximate surface area is 161 Å². The van der Waals surface area contributed by atoms with Gasteiger partial charge in [-0.15, -0.1) is 0 Å². The Kier molecular flexibility index (Phi) is 6.96. The highest BCUT2D eigenvalue weighted by atomic mass is 32.2. The molecule has 0 radical (unpaired) electrons. The van der Waals surface area contributed by atoms with Crippen LogP contribution in [0.1, 0.15) is 39.3 Å². The van der Waals surface area contributed by atoms with Gasteiger partial charge in [0, 0.05) is 31.7 Å². The zero-order chi connectivity index (χ0) is 20.2. The van der Waals surface area contributed by atoms with Crippen LogP contribution in [0.15, 0.2) is 29.2 Å². The van der Waals surface area contributed by atoms with E-state index in [1.165, 1.54) is 9.21 Å². The van der Waals surface area contributed by atoms with E-state index in [-0.39, 0.29) is 22.9 Å². The maximum absolute atomic E-state index is 12.6.